The van der Waals surface area contributed by atoms with E-state index in [1.807, 2.05) is 48.5 Å². The van der Waals surface area contributed by atoms with Gasteiger partial charge < -0.3 is 19.2 Å². The minimum absolute atomic E-state index is 0.551. The Labute approximate surface area is 153 Å². The average Bonchev–Trinajstić information content (AvgIpc) is 3.13. The van der Waals surface area contributed by atoms with Crippen LogP contribution in [-0.2, 0) is 19.4 Å². The quantitative estimate of drug-likeness (QED) is 0.597. The van der Waals surface area contributed by atoms with Crippen molar-refractivity contribution in [2.24, 2.45) is 0 Å². The van der Waals surface area contributed by atoms with Crippen LogP contribution < -0.4 is 14.8 Å². The van der Waals surface area contributed by atoms with Gasteiger partial charge in [0.05, 0.1) is 27.2 Å². The normalized spacial score (nSPS) is 10.7. The largest absolute Gasteiger partial charge is 0.493 e. The highest BCUT2D eigenvalue weighted by atomic mass is 16.5. The number of hydrogen-bond donors (Lipinski definition) is 1. The van der Waals surface area contributed by atoms with Crippen LogP contribution in [0.4, 0.5) is 0 Å². The van der Waals surface area contributed by atoms with E-state index >= 15 is 0 Å². The van der Waals surface area contributed by atoms with E-state index in [0.29, 0.717) is 24.7 Å². The van der Waals surface area contributed by atoms with Gasteiger partial charge >= 0.3 is 0 Å². The topological polar surface area (TPSA) is 69.4 Å². The van der Waals surface area contributed by atoms with E-state index in [-0.39, 0.29) is 0 Å². The first-order valence-electron chi connectivity index (χ1n) is 8.55. The van der Waals surface area contributed by atoms with E-state index in [4.69, 9.17) is 13.9 Å². The van der Waals surface area contributed by atoms with E-state index in [0.717, 1.165) is 30.0 Å². The Morgan fingerprint density at radius 3 is 2.42 bits per heavy atom. The predicted molar refractivity (Wildman–Crippen MR) is 98.5 cm³/mol. The van der Waals surface area contributed by atoms with E-state index in [1.54, 1.807) is 14.2 Å². The number of ether oxygens (including phenoxy) is 2. The third-order valence-electron chi connectivity index (χ3n) is 4.02. The molecular formula is C20H23N3O3. The summed E-state index contributed by atoms with van der Waals surface area (Å²) in [6.45, 7) is 1.35. The molecule has 0 spiro atoms. The zero-order chi connectivity index (χ0) is 18.2. The fourth-order valence-corrected chi connectivity index (χ4v) is 2.67. The van der Waals surface area contributed by atoms with E-state index in [2.05, 4.69) is 15.5 Å². The van der Waals surface area contributed by atoms with Crippen molar-refractivity contribution in [1.82, 2.24) is 15.5 Å². The van der Waals surface area contributed by atoms with Crippen LogP contribution >= 0.6 is 0 Å². The highest BCUT2D eigenvalue weighted by Crippen LogP contribution is 2.27. The molecule has 6 nitrogen and oxygen atoms in total. The Balaban J connectivity index is 1.45. The molecule has 1 N–H and O–H groups in total. The third-order valence-corrected chi connectivity index (χ3v) is 4.02. The van der Waals surface area contributed by atoms with Crippen molar-refractivity contribution < 1.29 is 13.9 Å². The maximum Gasteiger partial charge on any atom is 0.230 e. The van der Waals surface area contributed by atoms with E-state index < -0.39 is 0 Å². The van der Waals surface area contributed by atoms with E-state index in [9.17, 15) is 0 Å². The summed E-state index contributed by atoms with van der Waals surface area (Å²) in [5.74, 6) is 2.71. The molecule has 0 bridgehead atoms. The molecule has 3 rings (SSSR count). The van der Waals surface area contributed by atoms with Crippen LogP contribution in [0.2, 0.25) is 0 Å². The summed E-state index contributed by atoms with van der Waals surface area (Å²) in [4.78, 5) is 0. The van der Waals surface area contributed by atoms with Gasteiger partial charge in [-0.15, -0.1) is 10.2 Å². The van der Waals surface area contributed by atoms with E-state index in [1.165, 1.54) is 5.56 Å². The molecule has 0 saturated heterocycles. The molecule has 26 heavy (non-hydrogen) atoms. The van der Waals surface area contributed by atoms with Crippen molar-refractivity contribution >= 4 is 0 Å². The summed E-state index contributed by atoms with van der Waals surface area (Å²) in [6, 6.07) is 16.0. The summed E-state index contributed by atoms with van der Waals surface area (Å²) in [6.07, 6.45) is 1.52. The van der Waals surface area contributed by atoms with Gasteiger partial charge in [0.15, 0.2) is 11.5 Å². The monoisotopic (exact) mass is 353 g/mol. The zero-order valence-corrected chi connectivity index (χ0v) is 15.1. The van der Waals surface area contributed by atoms with Gasteiger partial charge in [0.25, 0.3) is 0 Å². The first-order valence-corrected chi connectivity index (χ1v) is 8.55. The van der Waals surface area contributed by atoms with Gasteiger partial charge in [-0.2, -0.15) is 0 Å². The Morgan fingerprint density at radius 2 is 1.65 bits per heavy atom. The van der Waals surface area contributed by atoms with Gasteiger partial charge in [0, 0.05) is 0 Å². The Morgan fingerprint density at radius 1 is 0.885 bits per heavy atom. The molecule has 1 aromatic heterocycles. The van der Waals surface area contributed by atoms with Crippen molar-refractivity contribution in [3.63, 3.8) is 0 Å². The second-order valence-corrected chi connectivity index (χ2v) is 5.87. The maximum absolute atomic E-state index is 5.69. The Hall–Kier alpha value is -2.86. The van der Waals surface area contributed by atoms with Gasteiger partial charge in [0.2, 0.25) is 11.8 Å². The molecule has 0 aliphatic heterocycles. The van der Waals surface area contributed by atoms with Gasteiger partial charge in [-0.1, -0.05) is 36.4 Å². The highest BCUT2D eigenvalue weighted by Gasteiger charge is 2.07. The Kier molecular flexibility index (Phi) is 6.22. The molecule has 0 radical (unpaired) electrons. The summed E-state index contributed by atoms with van der Waals surface area (Å²) >= 11 is 0. The maximum atomic E-state index is 5.69. The molecule has 1 heterocycles. The first kappa shape index (κ1) is 17.9. The zero-order valence-electron chi connectivity index (χ0n) is 15.1. The molecule has 2 aromatic carbocycles. The number of benzene rings is 2. The fraction of sp³-hybridized carbons (Fsp3) is 0.300. The number of nitrogens with one attached hydrogen (secondary N) is 1. The first-order chi connectivity index (χ1) is 12.8. The Bertz CT molecular complexity index is 818. The molecule has 0 aliphatic rings. The van der Waals surface area contributed by atoms with Crippen molar-refractivity contribution in [3.05, 3.63) is 71.4 Å². The molecule has 0 saturated carbocycles. The van der Waals surface area contributed by atoms with Crippen LogP contribution in [0, 0.1) is 0 Å². The van der Waals surface area contributed by atoms with Gasteiger partial charge in [0.1, 0.15) is 0 Å². The number of nitrogens with zero attached hydrogens (tertiary/aromatic N) is 2. The lowest BCUT2D eigenvalue weighted by Crippen LogP contribution is -2.17. The smallest absolute Gasteiger partial charge is 0.230 e. The SMILES string of the molecule is COc1ccc(CCNCc2nnc(Cc3ccccc3)o2)cc1OC. The van der Waals surface area contributed by atoms with Crippen LogP contribution in [-0.4, -0.2) is 31.0 Å². The molecule has 0 amide bonds. The lowest BCUT2D eigenvalue weighted by atomic mass is 10.1. The summed E-state index contributed by atoms with van der Waals surface area (Å²) in [7, 11) is 3.28. The fourth-order valence-electron chi connectivity index (χ4n) is 2.67. The van der Waals surface area contributed by atoms with Crippen LogP contribution in [0.25, 0.3) is 0 Å². The number of rotatable bonds is 9. The standard InChI is InChI=1S/C20H23N3O3/c1-24-17-9-8-16(12-18(17)25-2)10-11-21-14-20-23-22-19(26-20)13-15-6-4-3-5-7-15/h3-9,12,21H,10-11,13-14H2,1-2H3. The van der Waals surface area contributed by atoms with Crippen molar-refractivity contribution in [1.29, 1.82) is 0 Å². The molecule has 0 unspecified atom stereocenters. The molecule has 0 atom stereocenters. The predicted octanol–water partition coefficient (Wildman–Crippen LogP) is 3.01. The second-order valence-electron chi connectivity index (χ2n) is 5.87. The average molecular weight is 353 g/mol. The molecule has 6 heteroatoms. The summed E-state index contributed by atoms with van der Waals surface area (Å²) in [5, 5.41) is 11.5. The number of aromatic nitrogens is 2. The van der Waals surface area contributed by atoms with Crippen molar-refractivity contribution in [2.45, 2.75) is 19.4 Å². The van der Waals surface area contributed by atoms with Gasteiger partial charge in [-0.25, -0.2) is 0 Å². The number of methoxy groups -OCH3 is 2. The van der Waals surface area contributed by atoms with Gasteiger partial charge in [-0.05, 0) is 36.2 Å². The highest BCUT2D eigenvalue weighted by molar-refractivity contribution is 5.42. The minimum Gasteiger partial charge on any atom is -0.493 e. The van der Waals surface area contributed by atoms with Gasteiger partial charge in [-0.3, -0.25) is 0 Å². The van der Waals surface area contributed by atoms with Crippen LogP contribution in [0.15, 0.2) is 52.9 Å². The van der Waals surface area contributed by atoms with Crippen LogP contribution in [0.5, 0.6) is 11.5 Å². The van der Waals surface area contributed by atoms with Crippen molar-refractivity contribution in [2.75, 3.05) is 20.8 Å². The molecule has 0 fully saturated rings. The summed E-state index contributed by atoms with van der Waals surface area (Å²) in [5.41, 5.74) is 2.33. The molecule has 136 valence electrons. The number of hydrogen-bond acceptors (Lipinski definition) is 6. The molecule has 3 aromatic rings. The molecule has 0 aliphatic carbocycles. The molecular weight excluding hydrogens is 330 g/mol. The lowest BCUT2D eigenvalue weighted by Gasteiger charge is -2.09. The lowest BCUT2D eigenvalue weighted by molar-refractivity contribution is 0.354. The van der Waals surface area contributed by atoms with Crippen LogP contribution in [0.3, 0.4) is 0 Å². The second kappa shape index (κ2) is 9.01. The third kappa shape index (κ3) is 4.83. The van der Waals surface area contributed by atoms with Crippen molar-refractivity contribution in [3.8, 4) is 11.5 Å². The summed E-state index contributed by atoms with van der Waals surface area (Å²) < 4.78 is 16.3. The minimum atomic E-state index is 0.551. The van der Waals surface area contributed by atoms with Crippen LogP contribution in [0.1, 0.15) is 22.9 Å².